The maximum absolute atomic E-state index is 7.75. The summed E-state index contributed by atoms with van der Waals surface area (Å²) in [6, 6.07) is 0. The molecule has 2 radical (unpaired) electrons. The summed E-state index contributed by atoms with van der Waals surface area (Å²) in [5.74, 6) is 0. The summed E-state index contributed by atoms with van der Waals surface area (Å²) in [5.41, 5.74) is 0. The van der Waals surface area contributed by atoms with Crippen LogP contribution in [0.15, 0.2) is 0 Å². The van der Waals surface area contributed by atoms with Crippen LogP contribution in [-0.4, -0.2) is 81.5 Å². The fourth-order valence-corrected chi connectivity index (χ4v) is 0. The maximum Gasteiger partial charge on any atom is 5.00 e. The zero-order chi connectivity index (χ0) is 24.0. The van der Waals surface area contributed by atoms with Crippen molar-refractivity contribution in [1.82, 2.24) is 0 Å². The fourth-order valence-electron chi connectivity index (χ4n) is 0. The van der Waals surface area contributed by atoms with Crippen LogP contribution in [-0.2, 0) is 109 Å². The Kier molecular flexibility index (Phi) is 11500. The zero-order valence-corrected chi connectivity index (χ0v) is 16.2. The third-order valence-electron chi connectivity index (χ3n) is 0. The fraction of sp³-hybridized carbons (Fsp3) is 0. The maximum atomic E-state index is 7.75. The second-order valence-electron chi connectivity index (χ2n) is 0. The molecular formula is C12H12Fe3O12. The van der Waals surface area contributed by atoms with Gasteiger partial charge in [0.1, 0.15) is 0 Å². The summed E-state index contributed by atoms with van der Waals surface area (Å²) >= 11 is 0. The van der Waals surface area contributed by atoms with Crippen LogP contribution in [0.2, 0.25) is 0 Å². The number of carbonyl (C=O) groups excluding carboxylic acids is 12. The quantitative estimate of drug-likeness (QED) is 0.177. The molecule has 0 spiro atoms. The van der Waals surface area contributed by atoms with Crippen molar-refractivity contribution < 1.29 is 109 Å². The second kappa shape index (κ2) is 2090. The minimum atomic E-state index is 0. The Bertz CT molecular complexity index is 80.6. The SMILES string of the molecule is [CH-]=O.[CH-]=O.[CH-]=O.[CH-]=O.[CH-]=O.[CH-]=O.[CH-]=O.[CH-]=O.[CH-]=O.[CH-]=O.[CH-]=O.[CH-]=O.[Fe+3].[Fe+4].[Fe+5]. The third-order valence-corrected chi connectivity index (χ3v) is 0. The van der Waals surface area contributed by atoms with E-state index in [1.807, 2.05) is 0 Å². The van der Waals surface area contributed by atoms with Crippen LogP contribution in [0.5, 0.6) is 0 Å². The molecule has 0 N–H and O–H groups in total. The predicted octanol–water partition coefficient (Wildman–Crippen LogP) is -3.30. The van der Waals surface area contributed by atoms with Gasteiger partial charge in [0.2, 0.25) is 0 Å². The van der Waals surface area contributed by atoms with E-state index in [2.05, 4.69) is 81.5 Å². The molecule has 0 aliphatic heterocycles. The monoisotopic (exact) mass is 516 g/mol. The molecule has 0 unspecified atom stereocenters. The molecule has 15 heteroatoms. The number of hydrogen-bond acceptors (Lipinski definition) is 12. The molecule has 0 aliphatic carbocycles. The van der Waals surface area contributed by atoms with Crippen LogP contribution in [0.4, 0.5) is 0 Å². The summed E-state index contributed by atoms with van der Waals surface area (Å²) in [5, 5.41) is 0. The van der Waals surface area contributed by atoms with Gasteiger partial charge in [0.15, 0.2) is 0 Å². The Hall–Kier alpha value is -2.40. The molecule has 0 aliphatic rings. The van der Waals surface area contributed by atoms with Crippen LogP contribution in [0.1, 0.15) is 0 Å². The van der Waals surface area contributed by atoms with E-state index in [0.29, 0.717) is 0 Å². The largest absolute Gasteiger partial charge is 5.00 e. The Morgan fingerprint density at radius 1 is 0.222 bits per heavy atom. The zero-order valence-electron chi connectivity index (χ0n) is 12.9. The summed E-state index contributed by atoms with van der Waals surface area (Å²) in [6.45, 7) is 39.0. The van der Waals surface area contributed by atoms with Crippen molar-refractivity contribution in [3.8, 4) is 0 Å². The van der Waals surface area contributed by atoms with E-state index >= 15 is 0 Å². The van der Waals surface area contributed by atoms with Gasteiger partial charge in [-0.25, -0.2) is 0 Å². The Morgan fingerprint density at radius 2 is 0.222 bits per heavy atom. The Morgan fingerprint density at radius 3 is 0.222 bits per heavy atom. The van der Waals surface area contributed by atoms with E-state index in [-0.39, 0.29) is 51.2 Å². The van der Waals surface area contributed by atoms with E-state index in [1.54, 1.807) is 0 Å². The van der Waals surface area contributed by atoms with Crippen molar-refractivity contribution in [2.24, 2.45) is 0 Å². The second-order valence-corrected chi connectivity index (χ2v) is 0. The molecule has 0 aromatic rings. The smallest absolute Gasteiger partial charge is 0.545 e. The van der Waals surface area contributed by atoms with E-state index in [1.165, 1.54) is 0 Å². The number of rotatable bonds is 0. The summed E-state index contributed by atoms with van der Waals surface area (Å²) in [6.07, 6.45) is 0. The molecule has 0 rings (SSSR count). The van der Waals surface area contributed by atoms with Gasteiger partial charge in [-0.3, -0.25) is 81.5 Å². The molecule has 0 bridgehead atoms. The molecule has 27 heavy (non-hydrogen) atoms. The summed E-state index contributed by atoms with van der Waals surface area (Å²) in [4.78, 5) is 93.0. The molecule has 0 heterocycles. The molecule has 12 nitrogen and oxygen atoms in total. The van der Waals surface area contributed by atoms with Crippen LogP contribution < -0.4 is 0 Å². The van der Waals surface area contributed by atoms with Gasteiger partial charge in [0.05, 0.1) is 0 Å². The molecule has 0 amide bonds. The predicted molar refractivity (Wildman–Crippen MR) is 81.0 cm³/mol. The van der Waals surface area contributed by atoms with Crippen molar-refractivity contribution in [3.05, 3.63) is 0 Å². The third kappa shape index (κ3) is 1910. The van der Waals surface area contributed by atoms with E-state index in [9.17, 15) is 0 Å². The van der Waals surface area contributed by atoms with E-state index in [0.717, 1.165) is 0 Å². The van der Waals surface area contributed by atoms with Crippen LogP contribution in [0.3, 0.4) is 0 Å². The topological polar surface area (TPSA) is 205 Å². The standard InChI is InChI=1S/12CHO.3Fe/c12*1-2;;;/h12*1H;;;/q12*-1;+3;+4;+5. The summed E-state index contributed by atoms with van der Waals surface area (Å²) in [7, 11) is 0. The van der Waals surface area contributed by atoms with Gasteiger partial charge in [-0.15, -0.1) is 0 Å². The van der Waals surface area contributed by atoms with Gasteiger partial charge >= 0.3 is 51.2 Å². The van der Waals surface area contributed by atoms with Gasteiger partial charge in [0, 0.05) is 0 Å². The molecule has 0 fully saturated rings. The Balaban J connectivity index is -0.00000000443. The van der Waals surface area contributed by atoms with E-state index in [4.69, 9.17) is 57.5 Å². The number of hydrogen-bond donors (Lipinski definition) is 0. The molecule has 156 valence electrons. The summed E-state index contributed by atoms with van der Waals surface area (Å²) < 4.78 is 0. The minimum absolute atomic E-state index is 0. The molecule has 0 aromatic carbocycles. The van der Waals surface area contributed by atoms with Gasteiger partial charge in [0.25, 0.3) is 0 Å². The molecule has 0 saturated carbocycles. The van der Waals surface area contributed by atoms with Gasteiger partial charge in [-0.2, -0.15) is 0 Å². The minimum Gasteiger partial charge on any atom is -0.545 e. The average Bonchev–Trinajstić information content (AvgIpc) is 2.84. The average molecular weight is 516 g/mol. The van der Waals surface area contributed by atoms with Crippen LogP contribution in [0, 0.1) is 0 Å². The van der Waals surface area contributed by atoms with Crippen LogP contribution >= 0.6 is 0 Å². The first-order chi connectivity index (χ1) is 12.0. The molecule has 0 aromatic heterocycles. The first-order valence-electron chi connectivity index (χ1n) is 2.83. The molecule has 0 atom stereocenters. The van der Waals surface area contributed by atoms with Gasteiger partial charge in [-0.1, -0.05) is 0 Å². The van der Waals surface area contributed by atoms with Crippen molar-refractivity contribution in [1.29, 1.82) is 0 Å². The Labute approximate surface area is 190 Å². The normalized spacial score (nSPS) is 1.78. The van der Waals surface area contributed by atoms with Crippen molar-refractivity contribution in [3.63, 3.8) is 0 Å². The van der Waals surface area contributed by atoms with Crippen molar-refractivity contribution in [2.45, 2.75) is 0 Å². The van der Waals surface area contributed by atoms with Crippen molar-refractivity contribution in [2.75, 3.05) is 0 Å². The van der Waals surface area contributed by atoms with Crippen molar-refractivity contribution >= 4 is 81.5 Å². The van der Waals surface area contributed by atoms with Gasteiger partial charge < -0.3 is 57.5 Å². The van der Waals surface area contributed by atoms with Gasteiger partial charge in [-0.05, 0) is 0 Å². The van der Waals surface area contributed by atoms with E-state index < -0.39 is 0 Å². The first-order valence-corrected chi connectivity index (χ1v) is 2.83. The molecular weight excluding hydrogens is 504 g/mol. The molecule has 0 saturated heterocycles. The van der Waals surface area contributed by atoms with Crippen LogP contribution in [0.25, 0.3) is 0 Å². The first kappa shape index (κ1) is 149.